The first-order valence-electron chi connectivity index (χ1n) is 61.7. The number of nitrogens with zero attached hydrogens (tertiary/aromatic N) is 5. The third-order valence-corrected chi connectivity index (χ3v) is 33.3. The third kappa shape index (κ3) is 79.6. The molecule has 0 aromatic heterocycles. The fraction of sp³-hybridized carbons (Fsp3) is 0.944. The Balaban J connectivity index is 0.000000954. The highest BCUT2D eigenvalue weighted by Crippen LogP contribution is 2.34. The van der Waals surface area contributed by atoms with Gasteiger partial charge in [-0.15, -0.1) is 0 Å². The van der Waals surface area contributed by atoms with Crippen molar-refractivity contribution in [2.24, 2.45) is 23.7 Å². The first kappa shape index (κ1) is 146. The Morgan fingerprint density at radius 3 is 0.627 bits per heavy atom. The van der Waals surface area contributed by atoms with Crippen molar-refractivity contribution in [3.8, 4) is 0 Å². The molecule has 26 heteroatoms. The van der Waals surface area contributed by atoms with Crippen LogP contribution in [0.25, 0.3) is 0 Å². The molecule has 5 aliphatic rings. The van der Waals surface area contributed by atoms with Gasteiger partial charge in [-0.2, -0.15) is 0 Å². The molecule has 0 aromatic rings. The van der Waals surface area contributed by atoms with Crippen LogP contribution in [0.15, 0.2) is 0 Å². The molecule has 0 saturated carbocycles. The number of carbonyl (C=O) groups is 7. The van der Waals surface area contributed by atoms with Gasteiger partial charge in [-0.3, -0.25) is 33.6 Å². The average Bonchev–Trinajstić information content (AvgIpc) is 1.72. The number of amides is 5. The van der Waals surface area contributed by atoms with Crippen molar-refractivity contribution >= 4 is 84.3 Å². The van der Waals surface area contributed by atoms with E-state index in [2.05, 4.69) is 111 Å². The van der Waals surface area contributed by atoms with Crippen molar-refractivity contribution in [2.45, 2.75) is 649 Å². The summed E-state index contributed by atoms with van der Waals surface area (Å²) in [5.74, 6) is 7.98. The number of ether oxygens (including phenoxy) is 10. The highest BCUT2D eigenvalue weighted by molar-refractivity contribution is 8.77. The first-order chi connectivity index (χ1) is 71.3. The lowest BCUT2D eigenvalue weighted by Gasteiger charge is -2.25. The first-order valence-corrected chi connectivity index (χ1v) is 66.5. The van der Waals surface area contributed by atoms with Crippen molar-refractivity contribution in [2.75, 3.05) is 83.0 Å². The number of Topliss-reactive ketones (excluding diaryl/α,β-unsaturated/α-hetero) is 2. The quantitative estimate of drug-likeness (QED) is 0.0407. The zero-order valence-electron chi connectivity index (χ0n) is 103. The third-order valence-electron chi connectivity index (χ3n) is 27.7. The molecular formula is C124H239N5O17S4. The molecule has 0 aliphatic carbocycles. The van der Waals surface area contributed by atoms with Crippen LogP contribution in [0.1, 0.15) is 522 Å². The van der Waals surface area contributed by atoms with Crippen LogP contribution in [0, 0.1) is 23.7 Å². The molecule has 5 aliphatic heterocycles. The van der Waals surface area contributed by atoms with Crippen LogP contribution in [0.4, 0.5) is 0 Å². The zero-order chi connectivity index (χ0) is 112. The zero-order valence-corrected chi connectivity index (χ0v) is 106. The van der Waals surface area contributed by atoms with Gasteiger partial charge in [-0.1, -0.05) is 286 Å². The van der Waals surface area contributed by atoms with Crippen molar-refractivity contribution in [3.05, 3.63) is 0 Å². The molecule has 0 N–H and O–H groups in total. The van der Waals surface area contributed by atoms with Crippen molar-refractivity contribution in [1.82, 2.24) is 24.5 Å². The lowest BCUT2D eigenvalue weighted by molar-refractivity contribution is -0.134. The van der Waals surface area contributed by atoms with Gasteiger partial charge in [-0.05, 0) is 246 Å². The van der Waals surface area contributed by atoms with Crippen LogP contribution in [0.3, 0.4) is 0 Å². The van der Waals surface area contributed by atoms with Crippen LogP contribution in [-0.4, -0.2) is 276 Å². The van der Waals surface area contributed by atoms with E-state index in [9.17, 15) is 33.6 Å². The number of ketones is 2. The summed E-state index contributed by atoms with van der Waals surface area (Å²) >= 11 is 0. The normalized spacial score (nSPS) is 19.5. The van der Waals surface area contributed by atoms with E-state index >= 15 is 0 Å². The number of likely N-dealkylation sites (tertiary alicyclic amines) is 5. The lowest BCUT2D eigenvalue weighted by Crippen LogP contribution is -2.39. The molecule has 0 unspecified atom stereocenters. The van der Waals surface area contributed by atoms with Gasteiger partial charge in [0, 0.05) is 113 Å². The van der Waals surface area contributed by atoms with Gasteiger partial charge < -0.3 is 71.9 Å². The summed E-state index contributed by atoms with van der Waals surface area (Å²) in [6.45, 7) is 69.5. The van der Waals surface area contributed by atoms with E-state index in [1.807, 2.05) is 165 Å². The van der Waals surface area contributed by atoms with E-state index in [0.29, 0.717) is 115 Å². The Morgan fingerprint density at radius 1 is 0.220 bits per heavy atom. The van der Waals surface area contributed by atoms with Gasteiger partial charge >= 0.3 is 0 Å². The fourth-order valence-corrected chi connectivity index (χ4v) is 24.2. The predicted molar refractivity (Wildman–Crippen MR) is 639 cm³/mol. The Hall–Kier alpha value is -2.31. The smallest absolute Gasteiger partial charge is 0.223 e. The van der Waals surface area contributed by atoms with E-state index in [-0.39, 0.29) is 157 Å². The Bertz CT molecular complexity index is 3280. The van der Waals surface area contributed by atoms with Crippen molar-refractivity contribution in [3.63, 3.8) is 0 Å². The molecule has 10 atom stereocenters. The molecular weight excluding hydrogens is 1960 g/mol. The largest absolute Gasteiger partial charge is 0.377 e. The molecule has 5 rings (SSSR count). The van der Waals surface area contributed by atoms with E-state index in [1.54, 1.807) is 0 Å². The minimum Gasteiger partial charge on any atom is -0.377 e. The van der Waals surface area contributed by atoms with Crippen LogP contribution in [0.5, 0.6) is 0 Å². The monoisotopic (exact) mass is 2200 g/mol. The molecule has 0 radical (unpaired) electrons. The molecule has 5 fully saturated rings. The second-order valence-electron chi connectivity index (χ2n) is 48.6. The van der Waals surface area contributed by atoms with E-state index < -0.39 is 0 Å². The summed E-state index contributed by atoms with van der Waals surface area (Å²) in [7, 11) is 7.61. The Labute approximate surface area is 939 Å². The predicted octanol–water partition coefficient (Wildman–Crippen LogP) is 31.1. The van der Waals surface area contributed by atoms with Gasteiger partial charge in [0.1, 0.15) is 11.6 Å². The second-order valence-corrected chi connectivity index (χ2v) is 54.4. The van der Waals surface area contributed by atoms with E-state index in [0.717, 1.165) is 164 Å². The lowest BCUT2D eigenvalue weighted by atomic mass is 10.0. The number of hydrogen-bond donors (Lipinski definition) is 0. The van der Waals surface area contributed by atoms with Crippen LogP contribution < -0.4 is 0 Å². The van der Waals surface area contributed by atoms with Gasteiger partial charge in [0.05, 0.1) is 155 Å². The standard InChI is InChI=1S/C38H73NO4.C26H49NO4.C21H41NO3S2.C21H41NO3.C18H35NO3S2/c1-32(2)25-21-17-15-13-11-9-7-8-10-12-14-16-18-22-26-36(40)27-23-19-20-24-28-38(41)39-30-37(43-34(5)6)29-35(39)31-42-33(3)4;1-20(2)25(28)15-13-11-9-7-8-10-12-14-16-26(29)27-18-24(31-22(5)6)17-23(27)19-30-21(3)4;1-16(2)9-7-11-26-27-12-8-10-21(23)22-14-20(25-18(5)6)13-19(22)15-24-17(3)4;1-16(2)11-9-7-8-10-12-21(23)22-14-20(25-18(5)6)13-19(22)15-24-17(3)4;1-13(2)21-12-16-10-17(22-14(3)4)11-19(16)18(20)8-7-9-23-24-15(5)6/h32-35,37H,7-31H2,1-6H3;20-24H,7-19H2,1-6H3;16-20H,7-15H2,1-6H3;16-20H,7-15H2,1-6H3;13-17H,7-12H2,1-6H3/t35-,37+;23-,24+;2*19-,20+;16-,17+/m00000/s1. The highest BCUT2D eigenvalue weighted by atomic mass is 33.1. The average molecular weight is 2200 g/mol. The fourth-order valence-electron chi connectivity index (χ4n) is 19.9. The number of rotatable bonds is 83. The Morgan fingerprint density at radius 2 is 0.413 bits per heavy atom. The molecule has 886 valence electrons. The van der Waals surface area contributed by atoms with E-state index in [4.69, 9.17) is 47.4 Å². The minimum absolute atomic E-state index is 0.106. The van der Waals surface area contributed by atoms with Crippen molar-refractivity contribution in [1.29, 1.82) is 0 Å². The minimum atomic E-state index is 0.106. The number of unbranched alkanes of at least 4 members (excludes halogenated alkanes) is 26. The highest BCUT2D eigenvalue weighted by Gasteiger charge is 2.42. The van der Waals surface area contributed by atoms with Gasteiger partial charge in [0.15, 0.2) is 0 Å². The summed E-state index contributed by atoms with van der Waals surface area (Å²) in [4.78, 5) is 97.8. The molecule has 22 nitrogen and oxygen atoms in total. The number of hydrogen-bond acceptors (Lipinski definition) is 21. The summed E-state index contributed by atoms with van der Waals surface area (Å²) < 4.78 is 58.9. The maximum absolute atomic E-state index is 13.0. The number of carbonyl (C=O) groups excluding carboxylic acids is 7. The molecule has 5 heterocycles. The van der Waals surface area contributed by atoms with Crippen LogP contribution >= 0.6 is 43.2 Å². The molecule has 5 amide bonds. The molecule has 0 bridgehead atoms. The summed E-state index contributed by atoms with van der Waals surface area (Å²) in [5.41, 5.74) is 0. The Kier molecular flexibility index (Phi) is 88.7. The van der Waals surface area contributed by atoms with E-state index in [1.165, 1.54) is 153 Å². The summed E-state index contributed by atoms with van der Waals surface area (Å²) in [5, 5.41) is 0.635. The molecule has 0 aromatic carbocycles. The van der Waals surface area contributed by atoms with Gasteiger partial charge in [0.2, 0.25) is 29.5 Å². The molecule has 150 heavy (non-hydrogen) atoms. The van der Waals surface area contributed by atoms with Crippen molar-refractivity contribution < 1.29 is 80.9 Å². The van der Waals surface area contributed by atoms with Gasteiger partial charge in [0.25, 0.3) is 0 Å². The second kappa shape index (κ2) is 91.3. The summed E-state index contributed by atoms with van der Waals surface area (Å²) in [6.07, 6.45) is 56.2. The molecule has 5 saturated heterocycles. The topological polar surface area (TPSA) is 228 Å². The molecule has 0 spiro atoms. The maximum atomic E-state index is 13.0. The van der Waals surface area contributed by atoms with Crippen LogP contribution in [0.2, 0.25) is 0 Å². The summed E-state index contributed by atoms with van der Waals surface area (Å²) in [6, 6.07) is 0.731. The van der Waals surface area contributed by atoms with Crippen LogP contribution in [-0.2, 0) is 80.9 Å². The SMILES string of the molecule is CC(C)CCCCCCC(=O)N1C[C@H](OC(C)C)C[C@H]1COC(C)C.CC(C)CCCCCCCCCCCCCCCCC(=O)CCCCCCC(=O)N1C[C@H](OC(C)C)C[C@H]1COC(C)C.CC(C)CCCSSCCCC(=O)N1C[C@H](OC(C)C)C[C@H]1COC(C)C.CC(C)OC[C@@H]1C[C@@H](OC(C)C)CN1C(=O)CCCCCCCCCCC(=O)C(C)C.CC(C)OC[C@@H]1C[C@@H](OC(C)C)CN1C(=O)CCCSSC(C)C. The maximum Gasteiger partial charge on any atom is 0.223 e. The van der Waals surface area contributed by atoms with Gasteiger partial charge in [-0.25, -0.2) is 0 Å².